The maximum absolute atomic E-state index is 12.4. The summed E-state index contributed by atoms with van der Waals surface area (Å²) in [5.74, 6) is -1.64. The van der Waals surface area contributed by atoms with Gasteiger partial charge in [0, 0.05) is 0 Å². The molecular weight excluding hydrogens is 284 g/mol. The second kappa shape index (κ2) is 8.17. The zero-order valence-corrected chi connectivity index (χ0v) is 13.0. The van der Waals surface area contributed by atoms with Gasteiger partial charge in [-0.3, -0.25) is 14.9 Å². The minimum atomic E-state index is -1.09. The maximum Gasteiger partial charge on any atom is 0.318 e. The Morgan fingerprint density at radius 3 is 2.27 bits per heavy atom. The minimum absolute atomic E-state index is 0.0568. The molecule has 0 aromatic heterocycles. The highest BCUT2D eigenvalue weighted by atomic mass is 16.5. The van der Waals surface area contributed by atoms with Crippen LogP contribution in [0.1, 0.15) is 38.7 Å². The van der Waals surface area contributed by atoms with Crippen molar-refractivity contribution in [3.05, 3.63) is 35.9 Å². The third-order valence-electron chi connectivity index (χ3n) is 3.53. The monoisotopic (exact) mass is 306 g/mol. The normalized spacial score (nSPS) is 14.5. The van der Waals surface area contributed by atoms with Crippen molar-refractivity contribution in [2.24, 2.45) is 11.7 Å². The van der Waals surface area contributed by atoms with Crippen LogP contribution in [-0.4, -0.2) is 24.0 Å². The molecule has 0 bridgehead atoms. The van der Waals surface area contributed by atoms with Gasteiger partial charge < -0.3 is 10.5 Å². The molecule has 0 saturated heterocycles. The summed E-state index contributed by atoms with van der Waals surface area (Å²) >= 11 is 0. The van der Waals surface area contributed by atoms with Crippen LogP contribution >= 0.6 is 0 Å². The molecule has 22 heavy (non-hydrogen) atoms. The van der Waals surface area contributed by atoms with Crippen molar-refractivity contribution < 1.29 is 19.1 Å². The van der Waals surface area contributed by atoms with Crippen molar-refractivity contribution in [2.45, 2.75) is 39.2 Å². The number of hydrogen-bond acceptors (Lipinski definition) is 4. The summed E-state index contributed by atoms with van der Waals surface area (Å²) in [6.07, 6.45) is -0.299. The molecule has 0 unspecified atom stereocenters. The van der Waals surface area contributed by atoms with Crippen LogP contribution in [0.2, 0.25) is 0 Å². The van der Waals surface area contributed by atoms with E-state index in [1.807, 2.05) is 49.5 Å². The second-order valence-electron chi connectivity index (χ2n) is 5.21. The van der Waals surface area contributed by atoms with E-state index in [0.29, 0.717) is 0 Å². The fraction of sp³-hybridized carbons (Fsp3) is 0.438. The minimum Gasteiger partial charge on any atom is -0.452 e. The van der Waals surface area contributed by atoms with Crippen LogP contribution in [-0.2, 0) is 14.3 Å². The fourth-order valence-corrected chi connectivity index (χ4v) is 2.12. The highest BCUT2D eigenvalue weighted by molar-refractivity contribution is 5.96. The molecule has 6 heteroatoms. The number of ether oxygens (including phenoxy) is 1. The number of nitrogens with two attached hydrogens (primary N) is 1. The van der Waals surface area contributed by atoms with Gasteiger partial charge in [0.1, 0.15) is 0 Å². The van der Waals surface area contributed by atoms with Crippen molar-refractivity contribution in [3.63, 3.8) is 0 Å². The molecule has 3 atom stereocenters. The first-order chi connectivity index (χ1) is 10.4. The predicted octanol–water partition coefficient (Wildman–Crippen LogP) is 1.94. The van der Waals surface area contributed by atoms with E-state index in [9.17, 15) is 14.4 Å². The highest BCUT2D eigenvalue weighted by Gasteiger charge is 2.30. The molecule has 0 radical (unpaired) electrons. The van der Waals surface area contributed by atoms with Gasteiger partial charge in [0.05, 0.1) is 5.92 Å². The van der Waals surface area contributed by atoms with E-state index in [-0.39, 0.29) is 5.92 Å². The van der Waals surface area contributed by atoms with Gasteiger partial charge in [0.25, 0.3) is 5.91 Å². The van der Waals surface area contributed by atoms with Gasteiger partial charge in [-0.2, -0.15) is 0 Å². The van der Waals surface area contributed by atoms with Gasteiger partial charge in [-0.1, -0.05) is 50.6 Å². The molecule has 0 fully saturated rings. The summed E-state index contributed by atoms with van der Waals surface area (Å²) in [6.45, 7) is 5.33. The summed E-state index contributed by atoms with van der Waals surface area (Å²) in [5.41, 5.74) is 5.71. The largest absolute Gasteiger partial charge is 0.452 e. The van der Waals surface area contributed by atoms with E-state index in [4.69, 9.17) is 10.5 Å². The van der Waals surface area contributed by atoms with Crippen molar-refractivity contribution in [3.8, 4) is 0 Å². The number of imide groups is 1. The zero-order valence-electron chi connectivity index (χ0n) is 13.0. The Bertz CT molecular complexity index is 530. The Balaban J connectivity index is 2.85. The van der Waals surface area contributed by atoms with E-state index in [1.54, 1.807) is 0 Å². The topological polar surface area (TPSA) is 98.5 Å². The SMILES string of the molecule is CC[C@@H](C)[C@@H](C(=O)O[C@@H](C)C(=O)NC(N)=O)c1ccccc1. The Labute approximate surface area is 130 Å². The fourth-order valence-electron chi connectivity index (χ4n) is 2.12. The highest BCUT2D eigenvalue weighted by Crippen LogP contribution is 2.28. The van der Waals surface area contributed by atoms with E-state index < -0.39 is 29.9 Å². The molecule has 0 aliphatic rings. The van der Waals surface area contributed by atoms with Crippen molar-refractivity contribution in [1.29, 1.82) is 0 Å². The van der Waals surface area contributed by atoms with Gasteiger partial charge in [-0.15, -0.1) is 0 Å². The molecule has 1 rings (SSSR count). The van der Waals surface area contributed by atoms with Crippen LogP contribution in [0.15, 0.2) is 30.3 Å². The number of esters is 1. The molecule has 1 aromatic carbocycles. The standard InChI is InChI=1S/C16H22N2O4/c1-4-10(2)13(12-8-6-5-7-9-12)15(20)22-11(3)14(19)18-16(17)21/h5-11,13H,4H2,1-3H3,(H3,17,18,19,21)/t10-,11+,13-/m1/s1. The lowest BCUT2D eigenvalue weighted by Crippen LogP contribution is -2.42. The van der Waals surface area contributed by atoms with Gasteiger partial charge in [0.15, 0.2) is 6.10 Å². The summed E-state index contributed by atoms with van der Waals surface area (Å²) in [5, 5.41) is 1.89. The van der Waals surface area contributed by atoms with Crippen molar-refractivity contribution >= 4 is 17.9 Å². The molecule has 120 valence electrons. The van der Waals surface area contributed by atoms with Crippen LogP contribution in [0.5, 0.6) is 0 Å². The van der Waals surface area contributed by atoms with Crippen molar-refractivity contribution in [1.82, 2.24) is 5.32 Å². The van der Waals surface area contributed by atoms with Gasteiger partial charge in [-0.05, 0) is 18.4 Å². The first-order valence-electron chi connectivity index (χ1n) is 7.22. The lowest BCUT2D eigenvalue weighted by molar-refractivity contribution is -0.157. The summed E-state index contributed by atoms with van der Waals surface area (Å²) in [7, 11) is 0. The van der Waals surface area contributed by atoms with Gasteiger partial charge in [0.2, 0.25) is 0 Å². The smallest absolute Gasteiger partial charge is 0.318 e. The van der Waals surface area contributed by atoms with Crippen molar-refractivity contribution in [2.75, 3.05) is 0 Å². The van der Waals surface area contributed by atoms with Crippen LogP contribution in [0.4, 0.5) is 4.79 Å². The Kier molecular flexibility index (Phi) is 6.56. The first-order valence-corrected chi connectivity index (χ1v) is 7.22. The number of primary amides is 1. The molecule has 1 aromatic rings. The third-order valence-corrected chi connectivity index (χ3v) is 3.53. The number of rotatable bonds is 6. The van der Waals surface area contributed by atoms with E-state index in [2.05, 4.69) is 0 Å². The summed E-state index contributed by atoms with van der Waals surface area (Å²) < 4.78 is 5.19. The van der Waals surface area contributed by atoms with Crippen LogP contribution in [0.3, 0.4) is 0 Å². The summed E-state index contributed by atoms with van der Waals surface area (Å²) in [6, 6.07) is 8.29. The lowest BCUT2D eigenvalue weighted by Gasteiger charge is -2.23. The number of benzene rings is 1. The quantitative estimate of drug-likeness (QED) is 0.785. The Hall–Kier alpha value is -2.37. The maximum atomic E-state index is 12.4. The number of carbonyl (C=O) groups excluding carboxylic acids is 3. The molecule has 6 nitrogen and oxygen atoms in total. The first kappa shape index (κ1) is 17.7. The molecule has 0 saturated carbocycles. The average Bonchev–Trinajstić information content (AvgIpc) is 2.47. The number of amides is 3. The van der Waals surface area contributed by atoms with Crippen LogP contribution in [0, 0.1) is 5.92 Å². The molecule has 3 N–H and O–H groups in total. The molecular formula is C16H22N2O4. The third kappa shape index (κ3) is 4.87. The second-order valence-corrected chi connectivity index (χ2v) is 5.21. The molecule has 3 amide bonds. The van der Waals surface area contributed by atoms with Crippen LogP contribution in [0.25, 0.3) is 0 Å². The number of urea groups is 1. The Morgan fingerprint density at radius 1 is 1.18 bits per heavy atom. The molecule has 0 heterocycles. The lowest BCUT2D eigenvalue weighted by atomic mass is 9.85. The number of carbonyl (C=O) groups is 3. The van der Waals surface area contributed by atoms with E-state index >= 15 is 0 Å². The zero-order chi connectivity index (χ0) is 16.7. The average molecular weight is 306 g/mol. The van der Waals surface area contributed by atoms with Gasteiger partial charge in [-0.25, -0.2) is 4.79 Å². The summed E-state index contributed by atoms with van der Waals surface area (Å²) in [4.78, 5) is 34.7. The number of hydrogen-bond donors (Lipinski definition) is 2. The molecule has 0 aliphatic heterocycles. The van der Waals surface area contributed by atoms with E-state index in [0.717, 1.165) is 12.0 Å². The number of nitrogens with one attached hydrogen (secondary N) is 1. The molecule has 0 aliphatic carbocycles. The van der Waals surface area contributed by atoms with Gasteiger partial charge >= 0.3 is 12.0 Å². The van der Waals surface area contributed by atoms with Crippen LogP contribution < -0.4 is 11.1 Å². The van der Waals surface area contributed by atoms with E-state index in [1.165, 1.54) is 6.92 Å². The predicted molar refractivity (Wildman–Crippen MR) is 81.9 cm³/mol. The molecule has 0 spiro atoms. The Morgan fingerprint density at radius 2 is 1.77 bits per heavy atom.